The van der Waals surface area contributed by atoms with Crippen molar-refractivity contribution in [3.05, 3.63) is 58.4 Å². The minimum atomic E-state index is -1.12. The van der Waals surface area contributed by atoms with Gasteiger partial charge in [-0.25, -0.2) is 8.78 Å². The number of hydrogen-bond donors (Lipinski definition) is 1. The number of benzene rings is 2. The lowest BCUT2D eigenvalue weighted by Crippen LogP contribution is -2.22. The number of halogens is 3. The van der Waals surface area contributed by atoms with E-state index in [1.165, 1.54) is 30.7 Å². The Labute approximate surface area is 192 Å². The van der Waals surface area contributed by atoms with Gasteiger partial charge in [-0.3, -0.25) is 4.79 Å². The SMILES string of the molecule is CCCCCC1CCC(c2ccc(CC(=O)c3ccc(OCC)c(F)c3O)c(F)c2F)OC1. The number of phenolic OH excluding ortho intramolecular Hbond substituents is 1. The summed E-state index contributed by atoms with van der Waals surface area (Å²) in [5.74, 6) is -4.56. The predicted molar refractivity (Wildman–Crippen MR) is 119 cm³/mol. The van der Waals surface area contributed by atoms with Crippen LogP contribution in [0.2, 0.25) is 0 Å². The standard InChI is InChI=1S/C26H31F3O4/c1-3-5-6-7-16-8-12-21(33-15-16)19-10-9-17(23(27)24(19)28)14-20(30)18-11-13-22(32-4-2)25(29)26(18)31/h9-11,13,16,21,31H,3-8,12,14-15H2,1-2H3. The van der Waals surface area contributed by atoms with E-state index in [9.17, 15) is 23.1 Å². The van der Waals surface area contributed by atoms with Gasteiger partial charge in [-0.1, -0.05) is 38.3 Å². The molecule has 2 atom stereocenters. The smallest absolute Gasteiger partial charge is 0.207 e. The minimum Gasteiger partial charge on any atom is -0.504 e. The summed E-state index contributed by atoms with van der Waals surface area (Å²) in [6, 6.07) is 5.23. The van der Waals surface area contributed by atoms with Crippen molar-refractivity contribution in [2.75, 3.05) is 13.2 Å². The summed E-state index contributed by atoms with van der Waals surface area (Å²) in [5.41, 5.74) is -0.335. The van der Waals surface area contributed by atoms with E-state index < -0.39 is 41.5 Å². The van der Waals surface area contributed by atoms with E-state index in [-0.39, 0.29) is 29.0 Å². The summed E-state index contributed by atoms with van der Waals surface area (Å²) in [7, 11) is 0. The van der Waals surface area contributed by atoms with Gasteiger partial charge in [0.05, 0.1) is 24.9 Å². The van der Waals surface area contributed by atoms with Crippen molar-refractivity contribution in [1.29, 1.82) is 0 Å². The van der Waals surface area contributed by atoms with Crippen LogP contribution in [0.1, 0.15) is 80.0 Å². The zero-order valence-corrected chi connectivity index (χ0v) is 19.1. The fourth-order valence-electron chi connectivity index (χ4n) is 4.26. The first-order valence-corrected chi connectivity index (χ1v) is 11.6. The van der Waals surface area contributed by atoms with Gasteiger partial charge in [-0.05, 0) is 49.8 Å². The van der Waals surface area contributed by atoms with Crippen molar-refractivity contribution in [2.45, 2.75) is 64.9 Å². The summed E-state index contributed by atoms with van der Waals surface area (Å²) in [5, 5.41) is 10.0. The summed E-state index contributed by atoms with van der Waals surface area (Å²) in [6.45, 7) is 4.52. The second-order valence-electron chi connectivity index (χ2n) is 8.51. The first-order valence-electron chi connectivity index (χ1n) is 11.6. The Morgan fingerprint density at radius 3 is 2.52 bits per heavy atom. The van der Waals surface area contributed by atoms with Gasteiger partial charge in [0.25, 0.3) is 0 Å². The molecular weight excluding hydrogens is 433 g/mol. The van der Waals surface area contributed by atoms with Crippen molar-refractivity contribution in [1.82, 2.24) is 0 Å². The molecule has 180 valence electrons. The van der Waals surface area contributed by atoms with Gasteiger partial charge >= 0.3 is 0 Å². The average molecular weight is 465 g/mol. The predicted octanol–water partition coefficient (Wildman–Crippen LogP) is 6.68. The molecule has 0 spiro atoms. The summed E-state index contributed by atoms with van der Waals surface area (Å²) in [4.78, 5) is 12.6. The van der Waals surface area contributed by atoms with Crippen LogP contribution >= 0.6 is 0 Å². The third kappa shape index (κ3) is 5.88. The molecule has 1 saturated heterocycles. The van der Waals surface area contributed by atoms with Gasteiger partial charge in [-0.2, -0.15) is 4.39 Å². The lowest BCUT2D eigenvalue weighted by molar-refractivity contribution is -0.0218. The third-order valence-electron chi connectivity index (χ3n) is 6.16. The van der Waals surface area contributed by atoms with E-state index >= 15 is 0 Å². The molecular formula is C26H31F3O4. The van der Waals surface area contributed by atoms with Gasteiger partial charge in [0.1, 0.15) is 0 Å². The van der Waals surface area contributed by atoms with Gasteiger partial charge in [0, 0.05) is 12.0 Å². The number of ether oxygens (including phenoxy) is 2. The number of carbonyl (C=O) groups is 1. The minimum absolute atomic E-state index is 0.144. The fraction of sp³-hybridized carbons (Fsp3) is 0.500. The normalized spacial score (nSPS) is 18.3. The van der Waals surface area contributed by atoms with E-state index in [4.69, 9.17) is 9.47 Å². The largest absolute Gasteiger partial charge is 0.504 e. The van der Waals surface area contributed by atoms with E-state index in [0.717, 1.165) is 25.7 Å². The molecule has 2 aromatic rings. The Morgan fingerprint density at radius 1 is 1.06 bits per heavy atom. The summed E-state index contributed by atoms with van der Waals surface area (Å²) in [6.07, 6.45) is 5.05. The van der Waals surface area contributed by atoms with Gasteiger partial charge in [-0.15, -0.1) is 0 Å². The molecule has 2 unspecified atom stereocenters. The topological polar surface area (TPSA) is 55.8 Å². The molecule has 1 heterocycles. The molecule has 0 bridgehead atoms. The number of carbonyl (C=O) groups excluding carboxylic acids is 1. The Bertz CT molecular complexity index is 968. The van der Waals surface area contributed by atoms with Crippen LogP contribution in [0.15, 0.2) is 24.3 Å². The zero-order chi connectivity index (χ0) is 24.0. The molecule has 3 rings (SSSR count). The highest BCUT2D eigenvalue weighted by molar-refractivity contribution is 6.00. The molecule has 7 heteroatoms. The molecule has 0 aromatic heterocycles. The van der Waals surface area contributed by atoms with Crippen LogP contribution in [0, 0.1) is 23.4 Å². The molecule has 4 nitrogen and oxygen atoms in total. The van der Waals surface area contributed by atoms with Crippen LogP contribution in [0.4, 0.5) is 13.2 Å². The number of rotatable bonds is 10. The molecule has 1 N–H and O–H groups in total. The maximum absolute atomic E-state index is 14.8. The molecule has 0 saturated carbocycles. The second kappa shape index (κ2) is 11.5. The Morgan fingerprint density at radius 2 is 1.85 bits per heavy atom. The maximum Gasteiger partial charge on any atom is 0.207 e. The third-order valence-corrected chi connectivity index (χ3v) is 6.16. The molecule has 1 aliphatic rings. The van der Waals surface area contributed by atoms with Crippen LogP contribution in [-0.2, 0) is 11.2 Å². The van der Waals surface area contributed by atoms with Crippen molar-refractivity contribution in [3.63, 3.8) is 0 Å². The zero-order valence-electron chi connectivity index (χ0n) is 19.1. The van der Waals surface area contributed by atoms with Gasteiger partial charge < -0.3 is 14.6 Å². The number of unbranched alkanes of at least 4 members (excludes halogenated alkanes) is 2. The summed E-state index contributed by atoms with van der Waals surface area (Å²) >= 11 is 0. The number of aromatic hydroxyl groups is 1. The van der Waals surface area contributed by atoms with E-state index in [1.54, 1.807) is 6.92 Å². The first kappa shape index (κ1) is 25.1. The highest BCUT2D eigenvalue weighted by Crippen LogP contribution is 2.35. The van der Waals surface area contributed by atoms with Crippen molar-refractivity contribution >= 4 is 5.78 Å². The fourth-order valence-corrected chi connectivity index (χ4v) is 4.26. The van der Waals surface area contributed by atoms with E-state index in [0.29, 0.717) is 18.9 Å². The number of hydrogen-bond acceptors (Lipinski definition) is 4. The van der Waals surface area contributed by atoms with Crippen LogP contribution in [-0.4, -0.2) is 24.1 Å². The molecule has 0 radical (unpaired) electrons. The second-order valence-corrected chi connectivity index (χ2v) is 8.51. The Balaban J connectivity index is 1.69. The molecule has 0 amide bonds. The van der Waals surface area contributed by atoms with Crippen molar-refractivity contribution in [3.8, 4) is 11.5 Å². The van der Waals surface area contributed by atoms with Crippen molar-refractivity contribution in [2.24, 2.45) is 5.92 Å². The molecule has 1 aliphatic heterocycles. The van der Waals surface area contributed by atoms with Crippen LogP contribution in [0.25, 0.3) is 0 Å². The number of phenols is 1. The van der Waals surface area contributed by atoms with Crippen LogP contribution in [0.3, 0.4) is 0 Å². The molecule has 2 aromatic carbocycles. The van der Waals surface area contributed by atoms with E-state index in [2.05, 4.69) is 6.92 Å². The van der Waals surface area contributed by atoms with Gasteiger partial charge in [0.15, 0.2) is 28.9 Å². The highest BCUT2D eigenvalue weighted by atomic mass is 19.2. The average Bonchev–Trinajstić information content (AvgIpc) is 2.81. The highest BCUT2D eigenvalue weighted by Gasteiger charge is 2.28. The van der Waals surface area contributed by atoms with Crippen LogP contribution < -0.4 is 4.74 Å². The maximum atomic E-state index is 14.8. The molecule has 33 heavy (non-hydrogen) atoms. The lowest BCUT2D eigenvalue weighted by Gasteiger charge is -2.29. The lowest BCUT2D eigenvalue weighted by atomic mass is 9.90. The summed E-state index contributed by atoms with van der Waals surface area (Å²) < 4.78 is 54.7. The van der Waals surface area contributed by atoms with Crippen LogP contribution in [0.5, 0.6) is 11.5 Å². The molecule has 0 aliphatic carbocycles. The quantitative estimate of drug-likeness (QED) is 0.315. The van der Waals surface area contributed by atoms with Gasteiger partial charge in [0.2, 0.25) is 5.82 Å². The number of Topliss-reactive ketones (excluding diaryl/α,β-unsaturated/α-hetero) is 1. The Kier molecular flexibility index (Phi) is 8.78. The number of ketones is 1. The first-order chi connectivity index (χ1) is 15.9. The monoisotopic (exact) mass is 464 g/mol. The van der Waals surface area contributed by atoms with Crippen molar-refractivity contribution < 1.29 is 32.5 Å². The Hall–Kier alpha value is -2.54. The van der Waals surface area contributed by atoms with E-state index in [1.807, 2.05) is 0 Å². The molecule has 1 fully saturated rings.